The summed E-state index contributed by atoms with van der Waals surface area (Å²) in [6.07, 6.45) is -0.0817. The third-order valence-electron chi connectivity index (χ3n) is 4.26. The van der Waals surface area contributed by atoms with Crippen molar-refractivity contribution in [3.63, 3.8) is 0 Å². The molecule has 0 bridgehead atoms. The highest BCUT2D eigenvalue weighted by molar-refractivity contribution is 7.71. The zero-order chi connectivity index (χ0) is 17.3. The topological polar surface area (TPSA) is 38.9 Å². The van der Waals surface area contributed by atoms with E-state index in [1.165, 1.54) is 0 Å². The van der Waals surface area contributed by atoms with Gasteiger partial charge in [-0.3, -0.25) is 9.88 Å². The van der Waals surface area contributed by atoms with Crippen LogP contribution in [0.1, 0.15) is 12.8 Å². The number of rotatable bonds is 3. The van der Waals surface area contributed by atoms with Gasteiger partial charge in [0.05, 0.1) is 12.6 Å². The Kier molecular flexibility index (Phi) is 4.73. The molecule has 0 aromatic carbocycles. The number of hydrogen-bond donors (Lipinski definition) is 0. The van der Waals surface area contributed by atoms with Crippen molar-refractivity contribution in [1.29, 1.82) is 0 Å². The average molecular weight is 357 g/mol. The molecule has 1 saturated heterocycles. The maximum atomic E-state index is 12.9. The number of nitrogens with zero attached hydrogens (tertiary/aromatic N) is 5. The summed E-state index contributed by atoms with van der Waals surface area (Å²) in [5, 5.41) is 4.47. The highest BCUT2D eigenvalue weighted by Gasteiger charge is 2.41. The zero-order valence-corrected chi connectivity index (χ0v) is 14.0. The molecule has 1 unspecified atom stereocenters. The van der Waals surface area contributed by atoms with Crippen LogP contribution in [0.4, 0.5) is 13.2 Å². The Labute approximate surface area is 142 Å². The second kappa shape index (κ2) is 6.64. The van der Waals surface area contributed by atoms with Crippen LogP contribution < -0.4 is 0 Å². The van der Waals surface area contributed by atoms with Crippen LogP contribution in [0.5, 0.6) is 0 Å². The SMILES string of the molecule is Cn1c(-c2cccnc2)nn(CN2CCCC(C(F)(F)F)C2)c1=S. The summed E-state index contributed by atoms with van der Waals surface area (Å²) in [5.41, 5.74) is 0.816. The van der Waals surface area contributed by atoms with Gasteiger partial charge in [0.25, 0.3) is 0 Å². The molecule has 5 nitrogen and oxygen atoms in total. The molecule has 2 aromatic rings. The van der Waals surface area contributed by atoms with Crippen LogP contribution in [-0.4, -0.2) is 43.5 Å². The molecule has 1 atom stereocenters. The Balaban J connectivity index is 1.80. The van der Waals surface area contributed by atoms with E-state index in [4.69, 9.17) is 12.2 Å². The van der Waals surface area contributed by atoms with Crippen LogP contribution in [0.3, 0.4) is 0 Å². The molecule has 2 aromatic heterocycles. The van der Waals surface area contributed by atoms with Crippen molar-refractivity contribution >= 4 is 12.2 Å². The van der Waals surface area contributed by atoms with E-state index in [1.807, 2.05) is 6.07 Å². The van der Waals surface area contributed by atoms with Crippen molar-refractivity contribution in [3.8, 4) is 11.4 Å². The molecule has 0 aliphatic carbocycles. The van der Waals surface area contributed by atoms with E-state index in [-0.39, 0.29) is 19.6 Å². The molecule has 1 aliphatic heterocycles. The van der Waals surface area contributed by atoms with E-state index < -0.39 is 12.1 Å². The molecule has 3 heterocycles. The van der Waals surface area contributed by atoms with Gasteiger partial charge >= 0.3 is 6.18 Å². The minimum absolute atomic E-state index is 0.00985. The Bertz CT molecular complexity index is 753. The van der Waals surface area contributed by atoms with Crippen molar-refractivity contribution in [1.82, 2.24) is 24.2 Å². The Morgan fingerprint density at radius 1 is 1.38 bits per heavy atom. The molecule has 24 heavy (non-hydrogen) atoms. The quantitative estimate of drug-likeness (QED) is 0.791. The summed E-state index contributed by atoms with van der Waals surface area (Å²) in [6, 6.07) is 3.67. The third-order valence-corrected chi connectivity index (χ3v) is 4.75. The highest BCUT2D eigenvalue weighted by atomic mass is 32.1. The van der Waals surface area contributed by atoms with E-state index in [2.05, 4.69) is 10.1 Å². The largest absolute Gasteiger partial charge is 0.393 e. The molecule has 0 N–H and O–H groups in total. The molecule has 0 spiro atoms. The van der Waals surface area contributed by atoms with Crippen molar-refractivity contribution in [2.45, 2.75) is 25.7 Å². The second-order valence-corrected chi connectivity index (χ2v) is 6.37. The number of piperidine rings is 1. The number of alkyl halides is 3. The Hall–Kier alpha value is -1.74. The number of aromatic nitrogens is 4. The number of pyridine rings is 1. The van der Waals surface area contributed by atoms with E-state index in [0.29, 0.717) is 23.6 Å². The van der Waals surface area contributed by atoms with Crippen LogP contribution >= 0.6 is 12.2 Å². The first-order valence-electron chi connectivity index (χ1n) is 7.69. The smallest absolute Gasteiger partial charge is 0.303 e. The lowest BCUT2D eigenvalue weighted by molar-refractivity contribution is -0.188. The minimum atomic E-state index is -4.15. The fourth-order valence-electron chi connectivity index (χ4n) is 2.97. The first kappa shape index (κ1) is 17.1. The monoisotopic (exact) mass is 357 g/mol. The second-order valence-electron chi connectivity index (χ2n) is 6.01. The lowest BCUT2D eigenvalue weighted by Gasteiger charge is -2.33. The lowest BCUT2D eigenvalue weighted by atomic mass is 9.98. The number of halogens is 3. The fourth-order valence-corrected chi connectivity index (χ4v) is 3.15. The summed E-state index contributed by atoms with van der Waals surface area (Å²) < 4.78 is 42.6. The van der Waals surface area contributed by atoms with Gasteiger partial charge in [-0.15, -0.1) is 0 Å². The van der Waals surface area contributed by atoms with E-state index >= 15 is 0 Å². The van der Waals surface area contributed by atoms with Crippen molar-refractivity contribution in [2.75, 3.05) is 13.1 Å². The molecule has 0 radical (unpaired) electrons. The molecule has 130 valence electrons. The van der Waals surface area contributed by atoms with E-state index in [9.17, 15) is 13.2 Å². The predicted molar refractivity (Wildman–Crippen MR) is 85.6 cm³/mol. The van der Waals surface area contributed by atoms with Crippen LogP contribution in [-0.2, 0) is 13.7 Å². The molecule has 1 aliphatic rings. The summed E-state index contributed by atoms with van der Waals surface area (Å²) in [7, 11) is 1.79. The summed E-state index contributed by atoms with van der Waals surface area (Å²) in [4.78, 5) is 5.82. The van der Waals surface area contributed by atoms with Gasteiger partial charge in [0.15, 0.2) is 10.6 Å². The molecule has 0 saturated carbocycles. The summed E-state index contributed by atoms with van der Waals surface area (Å²) in [5.74, 6) is -0.626. The van der Waals surface area contributed by atoms with Gasteiger partial charge < -0.3 is 4.57 Å². The minimum Gasteiger partial charge on any atom is -0.303 e. The molecule has 9 heteroatoms. The van der Waals surface area contributed by atoms with Gasteiger partial charge in [0.2, 0.25) is 0 Å². The Morgan fingerprint density at radius 3 is 2.83 bits per heavy atom. The number of likely N-dealkylation sites (tertiary alicyclic amines) is 1. The van der Waals surface area contributed by atoms with Gasteiger partial charge in [-0.05, 0) is 43.7 Å². The first-order valence-corrected chi connectivity index (χ1v) is 8.10. The number of hydrogen-bond acceptors (Lipinski definition) is 4. The molecular formula is C15H18F3N5S. The van der Waals surface area contributed by atoms with Gasteiger partial charge in [0.1, 0.15) is 0 Å². The standard InChI is InChI=1S/C15H18F3N5S/c1-21-13(11-4-2-6-19-8-11)20-23(14(21)24)10-22-7-3-5-12(9-22)15(16,17)18/h2,4,6,8,12H,3,5,7,9-10H2,1H3. The van der Waals surface area contributed by atoms with E-state index in [1.54, 1.807) is 39.7 Å². The normalized spacial score (nSPS) is 19.6. The van der Waals surface area contributed by atoms with Crippen molar-refractivity contribution in [2.24, 2.45) is 13.0 Å². The van der Waals surface area contributed by atoms with Gasteiger partial charge in [-0.2, -0.15) is 18.3 Å². The predicted octanol–water partition coefficient (Wildman–Crippen LogP) is 3.24. The van der Waals surface area contributed by atoms with Crippen LogP contribution in [0.25, 0.3) is 11.4 Å². The maximum absolute atomic E-state index is 12.9. The molecule has 3 rings (SSSR count). The Morgan fingerprint density at radius 2 is 2.17 bits per heavy atom. The summed E-state index contributed by atoms with van der Waals surface area (Å²) in [6.45, 7) is 0.872. The van der Waals surface area contributed by atoms with Crippen LogP contribution in [0, 0.1) is 10.7 Å². The first-order chi connectivity index (χ1) is 11.4. The van der Waals surface area contributed by atoms with Crippen LogP contribution in [0.2, 0.25) is 0 Å². The average Bonchev–Trinajstić information content (AvgIpc) is 2.84. The highest BCUT2D eigenvalue weighted by Crippen LogP contribution is 2.33. The molecule has 0 amide bonds. The van der Waals surface area contributed by atoms with Crippen molar-refractivity contribution < 1.29 is 13.2 Å². The summed E-state index contributed by atoms with van der Waals surface area (Å²) >= 11 is 5.38. The van der Waals surface area contributed by atoms with Gasteiger partial charge in [0, 0.05) is 31.5 Å². The third kappa shape index (κ3) is 3.51. The maximum Gasteiger partial charge on any atom is 0.393 e. The zero-order valence-electron chi connectivity index (χ0n) is 13.2. The van der Waals surface area contributed by atoms with Crippen LogP contribution in [0.15, 0.2) is 24.5 Å². The van der Waals surface area contributed by atoms with Gasteiger partial charge in [-0.1, -0.05) is 0 Å². The molecule has 1 fully saturated rings. The lowest BCUT2D eigenvalue weighted by Crippen LogP contribution is -2.42. The molecular weight excluding hydrogens is 339 g/mol. The van der Waals surface area contributed by atoms with Gasteiger partial charge in [-0.25, -0.2) is 4.68 Å². The van der Waals surface area contributed by atoms with Crippen molar-refractivity contribution in [3.05, 3.63) is 29.3 Å². The fraction of sp³-hybridized carbons (Fsp3) is 0.533. The van der Waals surface area contributed by atoms with E-state index in [0.717, 1.165) is 5.56 Å².